The van der Waals surface area contributed by atoms with Crippen LogP contribution in [0, 0.1) is 11.7 Å². The largest absolute Gasteiger partial charge is 0.324 e. The van der Waals surface area contributed by atoms with Gasteiger partial charge in [0.05, 0.1) is 0 Å². The molecule has 84 valence electrons. The summed E-state index contributed by atoms with van der Waals surface area (Å²) in [7, 11) is 0. The van der Waals surface area contributed by atoms with Crippen LogP contribution in [-0.4, -0.2) is 0 Å². The minimum absolute atomic E-state index is 0.0857. The van der Waals surface area contributed by atoms with Gasteiger partial charge in [0.2, 0.25) is 0 Å². The minimum atomic E-state index is -0.229. The summed E-state index contributed by atoms with van der Waals surface area (Å²) in [6.45, 7) is 4.32. The summed E-state index contributed by atoms with van der Waals surface area (Å²) < 4.78 is 13.9. The van der Waals surface area contributed by atoms with Gasteiger partial charge in [-0.05, 0) is 42.5 Å². The van der Waals surface area contributed by atoms with Gasteiger partial charge in [-0.3, -0.25) is 0 Å². The Kier molecular flexibility index (Phi) is 4.74. The number of nitrogens with two attached hydrogens (primary N) is 1. The number of benzene rings is 1. The average molecular weight is 274 g/mol. The molecular weight excluding hydrogens is 257 g/mol. The maximum Gasteiger partial charge on any atom is 0.123 e. The van der Waals surface area contributed by atoms with Crippen molar-refractivity contribution in [2.45, 2.75) is 32.7 Å². The molecule has 15 heavy (non-hydrogen) atoms. The minimum Gasteiger partial charge on any atom is -0.324 e. The third-order valence-corrected chi connectivity index (χ3v) is 3.13. The summed E-state index contributed by atoms with van der Waals surface area (Å²) in [6, 6.07) is 4.56. The highest BCUT2D eigenvalue weighted by Gasteiger charge is 2.11. The summed E-state index contributed by atoms with van der Waals surface area (Å²) in [5, 5.41) is 0. The zero-order chi connectivity index (χ0) is 11.4. The molecule has 1 atom stereocenters. The second-order valence-corrected chi connectivity index (χ2v) is 5.10. The molecule has 1 nitrogen and oxygen atoms in total. The SMILES string of the molecule is CC(C)CCC(N)c1cc(F)ccc1Br. The summed E-state index contributed by atoms with van der Waals surface area (Å²) in [5.41, 5.74) is 6.87. The highest BCUT2D eigenvalue weighted by atomic mass is 79.9. The van der Waals surface area contributed by atoms with Gasteiger partial charge in [-0.1, -0.05) is 29.8 Å². The van der Waals surface area contributed by atoms with Gasteiger partial charge >= 0.3 is 0 Å². The van der Waals surface area contributed by atoms with E-state index in [-0.39, 0.29) is 11.9 Å². The predicted octanol–water partition coefficient (Wildman–Crippen LogP) is 4.02. The second-order valence-electron chi connectivity index (χ2n) is 4.24. The van der Waals surface area contributed by atoms with E-state index in [1.807, 2.05) is 0 Å². The lowest BCUT2D eigenvalue weighted by molar-refractivity contribution is 0.504. The Morgan fingerprint density at radius 1 is 1.33 bits per heavy atom. The smallest absolute Gasteiger partial charge is 0.123 e. The molecular formula is C12H17BrFN. The molecule has 0 bridgehead atoms. The fourth-order valence-corrected chi connectivity index (χ4v) is 2.01. The summed E-state index contributed by atoms with van der Waals surface area (Å²) >= 11 is 3.39. The molecule has 1 rings (SSSR count). The average Bonchev–Trinajstić information content (AvgIpc) is 2.18. The molecule has 0 fully saturated rings. The van der Waals surface area contributed by atoms with Gasteiger partial charge in [-0.2, -0.15) is 0 Å². The van der Waals surface area contributed by atoms with Crippen LogP contribution in [-0.2, 0) is 0 Å². The van der Waals surface area contributed by atoms with E-state index in [0.29, 0.717) is 5.92 Å². The highest BCUT2D eigenvalue weighted by molar-refractivity contribution is 9.10. The van der Waals surface area contributed by atoms with Gasteiger partial charge in [0.15, 0.2) is 0 Å². The standard InChI is InChI=1S/C12H17BrFN/c1-8(2)3-6-12(15)10-7-9(14)4-5-11(10)13/h4-5,7-8,12H,3,6,15H2,1-2H3. The monoisotopic (exact) mass is 273 g/mol. The van der Waals surface area contributed by atoms with Crippen LogP contribution >= 0.6 is 15.9 Å². The molecule has 0 amide bonds. The maximum absolute atomic E-state index is 13.0. The van der Waals surface area contributed by atoms with E-state index in [1.165, 1.54) is 12.1 Å². The molecule has 0 spiro atoms. The van der Waals surface area contributed by atoms with Crippen LogP contribution in [0.15, 0.2) is 22.7 Å². The first kappa shape index (κ1) is 12.7. The number of hydrogen-bond donors (Lipinski definition) is 1. The van der Waals surface area contributed by atoms with Gasteiger partial charge in [0.1, 0.15) is 5.82 Å². The van der Waals surface area contributed by atoms with Crippen LogP contribution in [0.3, 0.4) is 0 Å². The van der Waals surface area contributed by atoms with Crippen molar-refractivity contribution in [2.24, 2.45) is 11.7 Å². The summed E-state index contributed by atoms with van der Waals surface area (Å²) in [5.74, 6) is 0.400. The Balaban J connectivity index is 2.72. The molecule has 2 N–H and O–H groups in total. The van der Waals surface area contributed by atoms with E-state index in [2.05, 4.69) is 29.8 Å². The zero-order valence-electron chi connectivity index (χ0n) is 9.13. The third-order valence-electron chi connectivity index (χ3n) is 2.41. The third kappa shape index (κ3) is 3.92. The molecule has 0 saturated heterocycles. The van der Waals surface area contributed by atoms with E-state index in [1.54, 1.807) is 6.07 Å². The molecule has 0 heterocycles. The van der Waals surface area contributed by atoms with Crippen LogP contribution in [0.5, 0.6) is 0 Å². The Morgan fingerprint density at radius 2 is 2.00 bits per heavy atom. The Hall–Kier alpha value is -0.410. The fraction of sp³-hybridized carbons (Fsp3) is 0.500. The van der Waals surface area contributed by atoms with Gasteiger partial charge in [0, 0.05) is 10.5 Å². The van der Waals surface area contributed by atoms with E-state index in [4.69, 9.17) is 5.73 Å². The molecule has 0 aliphatic rings. The number of rotatable bonds is 4. The van der Waals surface area contributed by atoms with Crippen LogP contribution < -0.4 is 5.73 Å². The molecule has 1 aromatic rings. The fourth-order valence-electron chi connectivity index (χ4n) is 1.47. The van der Waals surface area contributed by atoms with Crippen molar-refractivity contribution in [2.75, 3.05) is 0 Å². The van der Waals surface area contributed by atoms with E-state index in [0.717, 1.165) is 22.9 Å². The maximum atomic E-state index is 13.0. The molecule has 0 saturated carbocycles. The van der Waals surface area contributed by atoms with E-state index >= 15 is 0 Å². The van der Waals surface area contributed by atoms with Crippen LogP contribution in [0.25, 0.3) is 0 Å². The van der Waals surface area contributed by atoms with Crippen molar-refractivity contribution in [3.05, 3.63) is 34.1 Å². The summed E-state index contributed by atoms with van der Waals surface area (Å²) in [4.78, 5) is 0. The second kappa shape index (κ2) is 5.61. The topological polar surface area (TPSA) is 26.0 Å². The lowest BCUT2D eigenvalue weighted by Gasteiger charge is -2.15. The Morgan fingerprint density at radius 3 is 2.60 bits per heavy atom. The highest BCUT2D eigenvalue weighted by Crippen LogP contribution is 2.26. The molecule has 0 aromatic heterocycles. The van der Waals surface area contributed by atoms with Crippen molar-refractivity contribution < 1.29 is 4.39 Å². The molecule has 0 radical (unpaired) electrons. The molecule has 1 aromatic carbocycles. The first-order chi connectivity index (χ1) is 7.00. The lowest BCUT2D eigenvalue weighted by Crippen LogP contribution is -2.12. The van der Waals surface area contributed by atoms with Crippen molar-refractivity contribution in [1.29, 1.82) is 0 Å². The van der Waals surface area contributed by atoms with E-state index < -0.39 is 0 Å². The zero-order valence-corrected chi connectivity index (χ0v) is 10.7. The van der Waals surface area contributed by atoms with Crippen LogP contribution in [0.2, 0.25) is 0 Å². The van der Waals surface area contributed by atoms with Gasteiger partial charge < -0.3 is 5.73 Å². The quantitative estimate of drug-likeness (QED) is 0.881. The van der Waals surface area contributed by atoms with Crippen molar-refractivity contribution in [3.63, 3.8) is 0 Å². The van der Waals surface area contributed by atoms with Gasteiger partial charge in [-0.15, -0.1) is 0 Å². The molecule has 3 heteroatoms. The van der Waals surface area contributed by atoms with E-state index in [9.17, 15) is 4.39 Å². The molecule has 1 unspecified atom stereocenters. The molecule has 0 aliphatic heterocycles. The normalized spacial score (nSPS) is 13.2. The van der Waals surface area contributed by atoms with Gasteiger partial charge in [0.25, 0.3) is 0 Å². The first-order valence-electron chi connectivity index (χ1n) is 5.21. The van der Waals surface area contributed by atoms with Gasteiger partial charge in [-0.25, -0.2) is 4.39 Å². The number of hydrogen-bond acceptors (Lipinski definition) is 1. The summed E-state index contributed by atoms with van der Waals surface area (Å²) in [6.07, 6.45) is 1.95. The predicted molar refractivity (Wildman–Crippen MR) is 65.1 cm³/mol. The van der Waals surface area contributed by atoms with Crippen molar-refractivity contribution in [1.82, 2.24) is 0 Å². The first-order valence-corrected chi connectivity index (χ1v) is 6.00. The van der Waals surface area contributed by atoms with Crippen molar-refractivity contribution in [3.8, 4) is 0 Å². The van der Waals surface area contributed by atoms with Crippen molar-refractivity contribution >= 4 is 15.9 Å². The Bertz CT molecular complexity index is 325. The van der Waals surface area contributed by atoms with Crippen LogP contribution in [0.4, 0.5) is 4.39 Å². The Labute approximate surface area is 99.0 Å². The number of halogens is 2. The lowest BCUT2D eigenvalue weighted by atomic mass is 9.98. The molecule has 0 aliphatic carbocycles. The van der Waals surface area contributed by atoms with Crippen LogP contribution in [0.1, 0.15) is 38.3 Å².